The van der Waals surface area contributed by atoms with Crippen molar-refractivity contribution in [3.8, 4) is 0 Å². The van der Waals surface area contributed by atoms with Gasteiger partial charge >= 0.3 is 5.97 Å². The van der Waals surface area contributed by atoms with Crippen LogP contribution in [0.1, 0.15) is 13.3 Å². The molecule has 0 aliphatic heterocycles. The molecule has 0 amide bonds. The van der Waals surface area contributed by atoms with Crippen LogP contribution in [0.25, 0.3) is 0 Å². The van der Waals surface area contributed by atoms with Gasteiger partial charge in [0.2, 0.25) is 5.71 Å². The molecule has 0 heterocycles. The van der Waals surface area contributed by atoms with Gasteiger partial charge in [0.15, 0.2) is 5.78 Å². The lowest BCUT2D eigenvalue weighted by Gasteiger charge is -1.99. The molecule has 0 aromatic carbocycles. The average molecular weight is 173 g/mol. The highest BCUT2D eigenvalue weighted by atomic mass is 16.6. The Kier molecular flexibility index (Phi) is 4.67. The number of esters is 1. The molecule has 0 bridgehead atoms. The number of nitrogens with zero attached hydrogens (tertiary/aromatic N) is 1. The van der Waals surface area contributed by atoms with Crippen LogP contribution in [-0.2, 0) is 19.2 Å². The first-order valence-corrected chi connectivity index (χ1v) is 3.40. The lowest BCUT2D eigenvalue weighted by Crippen LogP contribution is -2.25. The van der Waals surface area contributed by atoms with E-state index in [2.05, 4.69) is 14.7 Å². The number of ether oxygens (including phenoxy) is 1. The molecule has 5 nitrogen and oxygen atoms in total. The molecule has 0 rings (SSSR count). The summed E-state index contributed by atoms with van der Waals surface area (Å²) in [5.41, 5.74) is -0.303. The average Bonchev–Trinajstić information content (AvgIpc) is 2.11. The number of Topliss-reactive ketones (excluding diaryl/α,β-unsaturated/α-hetero) is 1. The van der Waals surface area contributed by atoms with E-state index in [1.807, 2.05) is 0 Å². The molecule has 0 radical (unpaired) electrons. The van der Waals surface area contributed by atoms with Gasteiger partial charge in [-0.05, 0) is 0 Å². The fraction of sp³-hybridized carbons (Fsp3) is 0.571. The van der Waals surface area contributed by atoms with Crippen molar-refractivity contribution >= 4 is 17.5 Å². The first kappa shape index (κ1) is 10.6. The zero-order chi connectivity index (χ0) is 9.56. The van der Waals surface area contributed by atoms with Crippen LogP contribution in [0.4, 0.5) is 0 Å². The fourth-order valence-corrected chi connectivity index (χ4v) is 0.557. The molecule has 0 aromatic heterocycles. The molecule has 0 aliphatic rings. The van der Waals surface area contributed by atoms with Gasteiger partial charge in [0.25, 0.3) is 0 Å². The van der Waals surface area contributed by atoms with Crippen molar-refractivity contribution in [1.82, 2.24) is 0 Å². The number of oxime groups is 1. The number of carbonyl (C=O) groups is 2. The number of hydrogen-bond donors (Lipinski definition) is 0. The van der Waals surface area contributed by atoms with Gasteiger partial charge in [-0.25, -0.2) is 4.79 Å². The normalized spacial score (nSPS) is 10.8. The number of methoxy groups -OCH3 is 1. The maximum Gasteiger partial charge on any atom is 0.363 e. The Bertz CT molecular complexity index is 191. The van der Waals surface area contributed by atoms with Crippen molar-refractivity contribution in [2.24, 2.45) is 5.16 Å². The Hall–Kier alpha value is -1.39. The van der Waals surface area contributed by atoms with Crippen LogP contribution in [0.5, 0.6) is 0 Å². The third-order valence-electron chi connectivity index (χ3n) is 1.15. The molecule has 5 heteroatoms. The SMILES string of the molecule is CCC(=O)/C(=N\OC)C(=O)OC. The van der Waals surface area contributed by atoms with E-state index in [-0.39, 0.29) is 12.1 Å². The van der Waals surface area contributed by atoms with E-state index in [1.54, 1.807) is 6.92 Å². The largest absolute Gasteiger partial charge is 0.464 e. The second-order valence-corrected chi connectivity index (χ2v) is 1.89. The molecule has 0 fully saturated rings. The molecule has 0 N–H and O–H groups in total. The summed E-state index contributed by atoms with van der Waals surface area (Å²) in [5, 5.41) is 3.26. The van der Waals surface area contributed by atoms with E-state index in [0.29, 0.717) is 0 Å². The van der Waals surface area contributed by atoms with Crippen LogP contribution in [0.15, 0.2) is 5.16 Å². The van der Waals surface area contributed by atoms with Crippen LogP contribution in [0.3, 0.4) is 0 Å². The van der Waals surface area contributed by atoms with Crippen molar-refractivity contribution in [3.63, 3.8) is 0 Å². The predicted molar refractivity (Wildman–Crippen MR) is 41.8 cm³/mol. The van der Waals surface area contributed by atoms with Crippen molar-refractivity contribution in [1.29, 1.82) is 0 Å². The van der Waals surface area contributed by atoms with Gasteiger partial charge in [-0.15, -0.1) is 0 Å². The van der Waals surface area contributed by atoms with Crippen LogP contribution in [-0.4, -0.2) is 31.7 Å². The minimum Gasteiger partial charge on any atom is -0.464 e. The van der Waals surface area contributed by atoms with Crippen LogP contribution in [0.2, 0.25) is 0 Å². The second-order valence-electron chi connectivity index (χ2n) is 1.89. The third kappa shape index (κ3) is 2.69. The van der Waals surface area contributed by atoms with Crippen molar-refractivity contribution < 1.29 is 19.2 Å². The molecule has 12 heavy (non-hydrogen) atoms. The molecule has 0 saturated heterocycles. The maximum atomic E-state index is 11.0. The highest BCUT2D eigenvalue weighted by molar-refractivity contribution is 6.64. The molecule has 0 aromatic rings. The monoisotopic (exact) mass is 173 g/mol. The van der Waals surface area contributed by atoms with Crippen molar-refractivity contribution in [2.75, 3.05) is 14.2 Å². The summed E-state index contributed by atoms with van der Waals surface area (Å²) < 4.78 is 4.32. The molecule has 0 spiro atoms. The Balaban J connectivity index is 4.55. The highest BCUT2D eigenvalue weighted by Crippen LogP contribution is 1.91. The lowest BCUT2D eigenvalue weighted by molar-refractivity contribution is -0.133. The lowest BCUT2D eigenvalue weighted by atomic mass is 10.2. The molecular formula is C7H11NO4. The highest BCUT2D eigenvalue weighted by Gasteiger charge is 2.19. The summed E-state index contributed by atoms with van der Waals surface area (Å²) >= 11 is 0. The number of carbonyl (C=O) groups excluding carboxylic acids is 2. The zero-order valence-corrected chi connectivity index (χ0v) is 7.29. The Labute approximate surface area is 70.3 Å². The summed E-state index contributed by atoms with van der Waals surface area (Å²) in [6.45, 7) is 1.62. The first-order valence-electron chi connectivity index (χ1n) is 3.40. The van der Waals surface area contributed by atoms with E-state index < -0.39 is 11.8 Å². The van der Waals surface area contributed by atoms with E-state index in [4.69, 9.17) is 0 Å². The molecule has 0 saturated carbocycles. The van der Waals surface area contributed by atoms with E-state index in [0.717, 1.165) is 0 Å². The number of rotatable bonds is 4. The van der Waals surface area contributed by atoms with E-state index in [1.165, 1.54) is 14.2 Å². The van der Waals surface area contributed by atoms with Gasteiger partial charge in [0.05, 0.1) is 7.11 Å². The quantitative estimate of drug-likeness (QED) is 0.262. The van der Waals surface area contributed by atoms with Gasteiger partial charge in [-0.2, -0.15) is 0 Å². The summed E-state index contributed by atoms with van der Waals surface area (Å²) in [7, 11) is 2.43. The predicted octanol–water partition coefficient (Wildman–Crippen LogP) is 0.141. The Morgan fingerprint density at radius 1 is 1.33 bits per heavy atom. The number of hydrogen-bond acceptors (Lipinski definition) is 5. The third-order valence-corrected chi connectivity index (χ3v) is 1.15. The fourth-order valence-electron chi connectivity index (χ4n) is 0.557. The van der Waals surface area contributed by atoms with Gasteiger partial charge in [-0.1, -0.05) is 12.1 Å². The Morgan fingerprint density at radius 3 is 2.25 bits per heavy atom. The molecule has 68 valence electrons. The van der Waals surface area contributed by atoms with E-state index >= 15 is 0 Å². The van der Waals surface area contributed by atoms with Crippen LogP contribution < -0.4 is 0 Å². The minimum atomic E-state index is -0.774. The Morgan fingerprint density at radius 2 is 1.92 bits per heavy atom. The van der Waals surface area contributed by atoms with Crippen LogP contribution >= 0.6 is 0 Å². The van der Waals surface area contributed by atoms with Crippen molar-refractivity contribution in [2.45, 2.75) is 13.3 Å². The number of ketones is 1. The summed E-state index contributed by atoms with van der Waals surface area (Å²) in [4.78, 5) is 26.2. The van der Waals surface area contributed by atoms with Gasteiger partial charge in [0.1, 0.15) is 7.11 Å². The molecule has 0 atom stereocenters. The zero-order valence-electron chi connectivity index (χ0n) is 7.29. The summed E-state index contributed by atoms with van der Waals surface area (Å²) in [6, 6.07) is 0. The minimum absolute atomic E-state index is 0.192. The standard InChI is InChI=1S/C7H11NO4/c1-4-5(9)6(8-12-3)7(10)11-2/h4H2,1-3H3/b8-6+. The van der Waals surface area contributed by atoms with Gasteiger partial charge in [-0.3, -0.25) is 4.79 Å². The maximum absolute atomic E-state index is 11.0. The second kappa shape index (κ2) is 5.29. The topological polar surface area (TPSA) is 65.0 Å². The summed E-state index contributed by atoms with van der Waals surface area (Å²) in [5.74, 6) is -1.17. The van der Waals surface area contributed by atoms with Crippen molar-refractivity contribution in [3.05, 3.63) is 0 Å². The first-order chi connectivity index (χ1) is 5.67. The van der Waals surface area contributed by atoms with E-state index in [9.17, 15) is 9.59 Å². The van der Waals surface area contributed by atoms with Gasteiger partial charge in [0, 0.05) is 6.42 Å². The smallest absolute Gasteiger partial charge is 0.363 e. The summed E-state index contributed by atoms with van der Waals surface area (Å²) in [6.07, 6.45) is 0.192. The van der Waals surface area contributed by atoms with Gasteiger partial charge < -0.3 is 9.57 Å². The molecule has 0 unspecified atom stereocenters. The molecule has 0 aliphatic carbocycles. The van der Waals surface area contributed by atoms with Crippen LogP contribution in [0, 0.1) is 0 Å². The molecular weight excluding hydrogens is 162 g/mol.